The van der Waals surface area contributed by atoms with E-state index >= 15 is 0 Å². The molecule has 3 nitrogen and oxygen atoms in total. The Morgan fingerprint density at radius 1 is 1.06 bits per heavy atom. The molecule has 0 saturated heterocycles. The Balaban J connectivity index is 2.20. The number of hydrogen-bond donors (Lipinski definition) is 2. The maximum atomic E-state index is 9.79. The number of nitrogens with zero attached hydrogens (tertiary/aromatic N) is 1. The van der Waals surface area contributed by atoms with Crippen molar-refractivity contribution in [3.63, 3.8) is 0 Å². The van der Waals surface area contributed by atoms with E-state index in [1.165, 1.54) is 0 Å². The van der Waals surface area contributed by atoms with Crippen molar-refractivity contribution < 1.29 is 5.11 Å². The molecule has 0 aliphatic rings. The zero-order valence-electron chi connectivity index (χ0n) is 10.4. The number of aromatic nitrogens is 2. The SMILES string of the molecule is Cc1cc(-c2nc3ccccc3[nH]2)cc(C)c1O. The minimum Gasteiger partial charge on any atom is -0.507 e. The highest BCUT2D eigenvalue weighted by Gasteiger charge is 2.08. The molecule has 0 aliphatic heterocycles. The number of rotatable bonds is 1. The van der Waals surface area contributed by atoms with Gasteiger partial charge in [-0.15, -0.1) is 0 Å². The van der Waals surface area contributed by atoms with Gasteiger partial charge in [-0.1, -0.05) is 12.1 Å². The first-order chi connectivity index (χ1) is 8.65. The van der Waals surface area contributed by atoms with Crippen LogP contribution in [0, 0.1) is 13.8 Å². The Labute approximate surface area is 105 Å². The van der Waals surface area contributed by atoms with Gasteiger partial charge in [0.05, 0.1) is 11.0 Å². The molecule has 1 aromatic heterocycles. The lowest BCUT2D eigenvalue weighted by atomic mass is 10.1. The summed E-state index contributed by atoms with van der Waals surface area (Å²) in [7, 11) is 0. The summed E-state index contributed by atoms with van der Waals surface area (Å²) in [4.78, 5) is 7.85. The summed E-state index contributed by atoms with van der Waals surface area (Å²) < 4.78 is 0. The fourth-order valence-electron chi connectivity index (χ4n) is 2.18. The summed E-state index contributed by atoms with van der Waals surface area (Å²) in [5, 5.41) is 9.79. The van der Waals surface area contributed by atoms with Crippen molar-refractivity contribution in [1.82, 2.24) is 9.97 Å². The molecular formula is C15H14N2O. The molecule has 0 bridgehead atoms. The largest absolute Gasteiger partial charge is 0.507 e. The van der Waals surface area contributed by atoms with Crippen LogP contribution in [-0.2, 0) is 0 Å². The molecule has 3 heteroatoms. The number of aromatic amines is 1. The van der Waals surface area contributed by atoms with E-state index in [4.69, 9.17) is 0 Å². The van der Waals surface area contributed by atoms with Crippen LogP contribution < -0.4 is 0 Å². The lowest BCUT2D eigenvalue weighted by molar-refractivity contribution is 0.467. The van der Waals surface area contributed by atoms with Crippen LogP contribution in [0.15, 0.2) is 36.4 Å². The summed E-state index contributed by atoms with van der Waals surface area (Å²) in [5.74, 6) is 1.19. The van der Waals surface area contributed by atoms with E-state index in [2.05, 4.69) is 9.97 Å². The lowest BCUT2D eigenvalue weighted by Crippen LogP contribution is -1.86. The normalized spacial score (nSPS) is 11.0. The van der Waals surface area contributed by atoms with Gasteiger partial charge in [0, 0.05) is 5.56 Å². The van der Waals surface area contributed by atoms with E-state index in [-0.39, 0.29) is 0 Å². The van der Waals surface area contributed by atoms with Crippen LogP contribution >= 0.6 is 0 Å². The van der Waals surface area contributed by atoms with Gasteiger partial charge in [-0.05, 0) is 49.2 Å². The second-order valence-corrected chi connectivity index (χ2v) is 4.56. The molecule has 3 aromatic rings. The van der Waals surface area contributed by atoms with Crippen LogP contribution in [-0.4, -0.2) is 15.1 Å². The highest BCUT2D eigenvalue weighted by molar-refractivity contribution is 5.79. The Kier molecular flexibility index (Phi) is 2.33. The van der Waals surface area contributed by atoms with Gasteiger partial charge >= 0.3 is 0 Å². The van der Waals surface area contributed by atoms with Crippen molar-refractivity contribution in [2.24, 2.45) is 0 Å². The van der Waals surface area contributed by atoms with Crippen molar-refractivity contribution in [1.29, 1.82) is 0 Å². The number of phenols is 1. The molecule has 1 heterocycles. The van der Waals surface area contributed by atoms with Gasteiger partial charge < -0.3 is 10.1 Å². The first-order valence-electron chi connectivity index (χ1n) is 5.90. The number of imidazole rings is 1. The molecule has 0 aliphatic carbocycles. The molecule has 0 saturated carbocycles. The summed E-state index contributed by atoms with van der Waals surface area (Å²) >= 11 is 0. The number of phenolic OH excluding ortho intramolecular Hbond substituents is 1. The predicted molar refractivity (Wildman–Crippen MR) is 72.7 cm³/mol. The monoisotopic (exact) mass is 238 g/mol. The second-order valence-electron chi connectivity index (χ2n) is 4.56. The smallest absolute Gasteiger partial charge is 0.138 e. The van der Waals surface area contributed by atoms with E-state index in [1.807, 2.05) is 50.2 Å². The van der Waals surface area contributed by atoms with Crippen LogP contribution in [0.4, 0.5) is 0 Å². The number of hydrogen-bond acceptors (Lipinski definition) is 2. The van der Waals surface area contributed by atoms with E-state index in [9.17, 15) is 5.11 Å². The van der Waals surface area contributed by atoms with Gasteiger partial charge in [0.15, 0.2) is 0 Å². The summed E-state index contributed by atoms with van der Waals surface area (Å²) in [6, 6.07) is 11.8. The van der Waals surface area contributed by atoms with Crippen molar-refractivity contribution in [3.8, 4) is 17.1 Å². The van der Waals surface area contributed by atoms with Crippen molar-refractivity contribution in [2.75, 3.05) is 0 Å². The molecule has 0 radical (unpaired) electrons. The Morgan fingerprint density at radius 3 is 2.39 bits per heavy atom. The topological polar surface area (TPSA) is 48.9 Å². The highest BCUT2D eigenvalue weighted by atomic mass is 16.3. The van der Waals surface area contributed by atoms with Gasteiger partial charge in [-0.2, -0.15) is 0 Å². The molecule has 2 aromatic carbocycles. The Morgan fingerprint density at radius 2 is 1.72 bits per heavy atom. The molecule has 0 fully saturated rings. The molecule has 90 valence electrons. The van der Waals surface area contributed by atoms with Crippen LogP contribution in [0.25, 0.3) is 22.4 Å². The maximum absolute atomic E-state index is 9.79. The number of aromatic hydroxyl groups is 1. The number of para-hydroxylation sites is 2. The van der Waals surface area contributed by atoms with E-state index in [0.717, 1.165) is 33.5 Å². The number of H-pyrrole nitrogens is 1. The van der Waals surface area contributed by atoms with Gasteiger partial charge in [0.25, 0.3) is 0 Å². The number of benzene rings is 2. The fraction of sp³-hybridized carbons (Fsp3) is 0.133. The van der Waals surface area contributed by atoms with Gasteiger partial charge in [-0.3, -0.25) is 0 Å². The lowest BCUT2D eigenvalue weighted by Gasteiger charge is -2.05. The van der Waals surface area contributed by atoms with Gasteiger partial charge in [0.2, 0.25) is 0 Å². The molecule has 2 N–H and O–H groups in total. The van der Waals surface area contributed by atoms with Crippen LogP contribution in [0.5, 0.6) is 5.75 Å². The molecule has 0 spiro atoms. The molecule has 3 rings (SSSR count). The third kappa shape index (κ3) is 1.64. The average molecular weight is 238 g/mol. The molecule has 0 atom stereocenters. The highest BCUT2D eigenvalue weighted by Crippen LogP contribution is 2.28. The standard InChI is InChI=1S/C15H14N2O/c1-9-7-11(8-10(2)14(9)18)15-16-12-5-3-4-6-13(12)17-15/h3-8,18H,1-2H3,(H,16,17). The fourth-order valence-corrected chi connectivity index (χ4v) is 2.18. The zero-order chi connectivity index (χ0) is 12.7. The summed E-state index contributed by atoms with van der Waals surface area (Å²) in [6.07, 6.45) is 0. The minimum atomic E-state index is 0.356. The number of fused-ring (bicyclic) bond motifs is 1. The minimum absolute atomic E-state index is 0.356. The van der Waals surface area contributed by atoms with Crippen molar-refractivity contribution in [3.05, 3.63) is 47.5 Å². The number of nitrogens with one attached hydrogen (secondary N) is 1. The second kappa shape index (κ2) is 3.88. The van der Waals surface area contributed by atoms with E-state index in [0.29, 0.717) is 5.75 Å². The number of aryl methyl sites for hydroxylation is 2. The van der Waals surface area contributed by atoms with Gasteiger partial charge in [0.1, 0.15) is 11.6 Å². The Bertz CT molecular complexity index is 672. The summed E-state index contributed by atoms with van der Waals surface area (Å²) in [5.41, 5.74) is 4.71. The third-order valence-electron chi connectivity index (χ3n) is 3.15. The van der Waals surface area contributed by atoms with Gasteiger partial charge in [-0.25, -0.2) is 4.98 Å². The van der Waals surface area contributed by atoms with E-state index < -0.39 is 0 Å². The van der Waals surface area contributed by atoms with Crippen LogP contribution in [0.1, 0.15) is 11.1 Å². The maximum Gasteiger partial charge on any atom is 0.138 e. The quantitative estimate of drug-likeness (QED) is 0.681. The summed E-state index contributed by atoms with van der Waals surface area (Å²) in [6.45, 7) is 3.79. The predicted octanol–water partition coefficient (Wildman–Crippen LogP) is 3.55. The van der Waals surface area contributed by atoms with E-state index in [1.54, 1.807) is 0 Å². The first-order valence-corrected chi connectivity index (χ1v) is 5.90. The molecular weight excluding hydrogens is 224 g/mol. The first kappa shape index (κ1) is 10.8. The molecule has 0 amide bonds. The van der Waals surface area contributed by atoms with Crippen LogP contribution in [0.3, 0.4) is 0 Å². The van der Waals surface area contributed by atoms with Crippen LogP contribution in [0.2, 0.25) is 0 Å². The molecule has 18 heavy (non-hydrogen) atoms. The molecule has 0 unspecified atom stereocenters. The third-order valence-corrected chi connectivity index (χ3v) is 3.15. The van der Waals surface area contributed by atoms with Crippen molar-refractivity contribution in [2.45, 2.75) is 13.8 Å². The zero-order valence-corrected chi connectivity index (χ0v) is 10.4. The van der Waals surface area contributed by atoms with Crippen molar-refractivity contribution >= 4 is 11.0 Å². The Hall–Kier alpha value is -2.29. The average Bonchev–Trinajstić information content (AvgIpc) is 2.79.